The molecule has 7 aromatic rings. The minimum absolute atomic E-state index is 0.00732. The standard InChI is InChI=1S/C91H114N16O20S/c1-9-10-30-71-90(126)104(5)51-78(114)97-67(46-80(116)117)84(120)101-70(52-108)89(125)106(7)72(43-56-24-16-12-17-25-56)85(121)100-68(42-59-33-37-62(110)38-34-59)87(123)103(4)50-77(113)96-66(45-60-47-93-64-29-21-20-28-63(60)64)83(119)99-65(40-58-31-35-61(109)36-32-58)82(118)95-49-76(112)102-81(86(122)94-48-75(92)111)74(39-54(2)3)128-53-79(115)98-69(41-55-22-14-11-15-23-55)88(124)107(8)73(91(127)105(71)6)44-57-26-18-13-19-27-57/h11-29,31-38,47,54,65-74,81,93,108-110H,9-10,30,39-46,48-53H2,1-8H3,(H2,92,111)(H,94,122)(H,95,118)(H,96,113)(H,97,114)(H,98,115)(H,99,119)(H,100,121)(H,101,120)(H,102,112)(H,116,117)/t65-,66-,67-,68-,69-,70?,71-,72-,73-,74?,81-/m0/s1. The molecule has 15 amide bonds. The molecule has 1 fully saturated rings. The van der Waals surface area contributed by atoms with Crippen molar-refractivity contribution in [1.29, 1.82) is 0 Å². The number of carbonyl (C=O) groups excluding carboxylic acids is 15. The number of primary amides is 1. The van der Waals surface area contributed by atoms with Gasteiger partial charge in [0.2, 0.25) is 88.6 Å². The number of carbonyl (C=O) groups is 16. The predicted molar refractivity (Wildman–Crippen MR) is 474 cm³/mol. The van der Waals surface area contributed by atoms with Crippen LogP contribution in [0.25, 0.3) is 10.9 Å². The molecule has 0 bridgehead atoms. The van der Waals surface area contributed by atoms with E-state index in [2.05, 4.69) is 52.8 Å². The van der Waals surface area contributed by atoms with Crippen molar-refractivity contribution >= 4 is 117 Å². The number of benzene rings is 6. The van der Waals surface area contributed by atoms with Gasteiger partial charge in [0.1, 0.15) is 71.9 Å². The third-order valence-electron chi connectivity index (χ3n) is 21.7. The number of thioether (sulfide) groups is 1. The molecular formula is C91H114N16O20S. The number of para-hydroxylation sites is 1. The van der Waals surface area contributed by atoms with Crippen molar-refractivity contribution in [2.24, 2.45) is 11.7 Å². The number of unbranched alkanes of at least 4 members (excludes halogenated alkanes) is 1. The molecule has 36 nitrogen and oxygen atoms in total. The van der Waals surface area contributed by atoms with Gasteiger partial charge in [0, 0.05) is 96.1 Å². The lowest BCUT2D eigenvalue weighted by atomic mass is 9.99. The number of hydrogen-bond acceptors (Lipinski definition) is 20. The van der Waals surface area contributed by atoms with Crippen LogP contribution in [-0.2, 0) is 115 Å². The molecular weight excluding hydrogens is 1670 g/mol. The fourth-order valence-corrected chi connectivity index (χ4v) is 16.1. The van der Waals surface area contributed by atoms with E-state index in [-0.39, 0.29) is 68.8 Å². The van der Waals surface area contributed by atoms with Gasteiger partial charge < -0.3 is 103 Å². The average Bonchev–Trinajstić information content (AvgIpc) is 1.69. The molecule has 684 valence electrons. The number of amides is 15. The average molecular weight is 1780 g/mol. The maximum Gasteiger partial charge on any atom is 0.305 e. The van der Waals surface area contributed by atoms with Crippen molar-refractivity contribution in [2.45, 2.75) is 157 Å². The lowest BCUT2D eigenvalue weighted by Gasteiger charge is -2.37. The Bertz CT molecular complexity index is 5030. The first kappa shape index (κ1) is 99.7. The van der Waals surface area contributed by atoms with Crippen LogP contribution in [0, 0.1) is 5.92 Å². The number of carboxylic acids is 1. The van der Waals surface area contributed by atoms with Gasteiger partial charge >= 0.3 is 5.97 Å². The summed E-state index contributed by atoms with van der Waals surface area (Å²) < 4.78 is 0. The Morgan fingerprint density at radius 3 is 1.48 bits per heavy atom. The monoisotopic (exact) mass is 1780 g/mol. The minimum atomic E-state index is -2.01. The highest BCUT2D eigenvalue weighted by atomic mass is 32.2. The lowest BCUT2D eigenvalue weighted by Crippen LogP contribution is -2.61. The van der Waals surface area contributed by atoms with Crippen molar-refractivity contribution in [3.05, 3.63) is 203 Å². The quantitative estimate of drug-likeness (QED) is 0.0418. The van der Waals surface area contributed by atoms with Crippen molar-refractivity contribution < 1.29 is 97.1 Å². The van der Waals surface area contributed by atoms with Gasteiger partial charge in [0.05, 0.1) is 45.0 Å². The number of aromatic nitrogens is 1. The Labute approximate surface area is 745 Å². The topological polar surface area (TPSA) is 520 Å². The molecule has 0 spiro atoms. The number of nitrogens with zero attached hydrogens (tertiary/aromatic N) is 5. The van der Waals surface area contributed by atoms with Crippen LogP contribution in [-0.4, -0.2) is 284 Å². The molecule has 11 atom stereocenters. The lowest BCUT2D eigenvalue weighted by molar-refractivity contribution is -0.151. The Morgan fingerprint density at radius 1 is 0.477 bits per heavy atom. The van der Waals surface area contributed by atoms with Gasteiger partial charge in [-0.15, -0.1) is 11.8 Å². The largest absolute Gasteiger partial charge is 0.508 e. The zero-order valence-electron chi connectivity index (χ0n) is 72.7. The molecule has 0 saturated carbocycles. The Hall–Kier alpha value is -13.7. The van der Waals surface area contributed by atoms with E-state index < -0.39 is 205 Å². The van der Waals surface area contributed by atoms with E-state index in [1.54, 1.807) is 135 Å². The van der Waals surface area contributed by atoms with Gasteiger partial charge in [-0.1, -0.05) is 167 Å². The third-order valence-corrected chi connectivity index (χ3v) is 23.0. The molecule has 2 heterocycles. The second-order valence-corrected chi connectivity index (χ2v) is 33.3. The first-order valence-electron chi connectivity index (χ1n) is 41.9. The van der Waals surface area contributed by atoms with Gasteiger partial charge in [0.15, 0.2) is 0 Å². The highest BCUT2D eigenvalue weighted by Gasteiger charge is 2.42. The Balaban J connectivity index is 1.20. The molecule has 8 rings (SSSR count). The number of fused-ring (bicyclic) bond motifs is 1. The molecule has 16 N–H and O–H groups in total. The molecule has 1 aliphatic rings. The molecule has 1 aliphatic heterocycles. The van der Waals surface area contributed by atoms with Crippen molar-refractivity contribution in [2.75, 3.05) is 73.8 Å². The number of aromatic amines is 1. The number of hydrogen-bond donors (Lipinski definition) is 15. The number of nitrogens with one attached hydrogen (secondary N) is 10. The number of likely N-dealkylation sites (N-methyl/N-ethyl adjacent to an activating group) is 5. The van der Waals surface area contributed by atoms with Crippen LogP contribution in [0.1, 0.15) is 86.3 Å². The normalized spacial score (nSPS) is 21.9. The van der Waals surface area contributed by atoms with Crippen LogP contribution in [0.3, 0.4) is 0 Å². The molecule has 1 aromatic heterocycles. The maximum atomic E-state index is 15.5. The van der Waals surface area contributed by atoms with Gasteiger partial charge in [-0.3, -0.25) is 76.7 Å². The SMILES string of the molecule is CCCC[C@H]1C(=O)N(C)CC(=O)N[C@@H](CC(=O)O)C(=O)NC(CO)C(=O)N(C)[C@@H](Cc2ccccc2)C(=O)N[C@@H](Cc2ccc(O)cc2)C(=O)N(C)CC(=O)N[C@@H](Cc2c[nH]c3ccccc23)C(=O)N[C@@H](Cc2ccc(O)cc2)C(=O)NCC(=O)N[C@H](C(=O)NCC(N)=O)C(CC(C)C)SCC(=O)N[C@@H](Cc2ccccc2)C(=O)N(C)[C@@H](Cc2ccccc2)C(=O)N1C. The number of aromatic hydroxyl groups is 2. The number of rotatable bonds is 23. The Morgan fingerprint density at radius 2 is 0.930 bits per heavy atom. The van der Waals surface area contributed by atoms with E-state index in [0.29, 0.717) is 57.1 Å². The summed E-state index contributed by atoms with van der Waals surface area (Å²) in [4.78, 5) is 241. The van der Waals surface area contributed by atoms with E-state index in [1.807, 2.05) is 6.92 Å². The number of phenols is 2. The number of nitrogens with two attached hydrogens (primary N) is 1. The highest BCUT2D eigenvalue weighted by molar-refractivity contribution is 8.00. The second-order valence-electron chi connectivity index (χ2n) is 32.0. The maximum absolute atomic E-state index is 15.5. The minimum Gasteiger partial charge on any atom is -0.508 e. The van der Waals surface area contributed by atoms with Crippen LogP contribution in [0.4, 0.5) is 0 Å². The fourth-order valence-electron chi connectivity index (χ4n) is 14.7. The molecule has 0 aliphatic carbocycles. The van der Waals surface area contributed by atoms with Crippen molar-refractivity contribution in [3.63, 3.8) is 0 Å². The van der Waals surface area contributed by atoms with Crippen LogP contribution in [0.5, 0.6) is 11.5 Å². The molecule has 6 aromatic carbocycles. The summed E-state index contributed by atoms with van der Waals surface area (Å²) >= 11 is 0.902. The van der Waals surface area contributed by atoms with Crippen molar-refractivity contribution in [1.82, 2.24) is 77.3 Å². The summed E-state index contributed by atoms with van der Waals surface area (Å²) in [6.45, 7) is 1.02. The highest BCUT2D eigenvalue weighted by Crippen LogP contribution is 2.27. The zero-order valence-corrected chi connectivity index (χ0v) is 73.5. The van der Waals surface area contributed by atoms with Crippen LogP contribution in [0.2, 0.25) is 0 Å². The van der Waals surface area contributed by atoms with Crippen molar-refractivity contribution in [3.8, 4) is 11.5 Å². The van der Waals surface area contributed by atoms with E-state index in [1.165, 1.54) is 76.7 Å². The van der Waals surface area contributed by atoms with E-state index >= 15 is 24.0 Å². The van der Waals surface area contributed by atoms with Gasteiger partial charge in [-0.05, 0) is 82.5 Å². The summed E-state index contributed by atoms with van der Waals surface area (Å²) in [5, 5.41) is 64.6. The first-order valence-corrected chi connectivity index (χ1v) is 42.9. The summed E-state index contributed by atoms with van der Waals surface area (Å²) in [6, 6.07) is 27.5. The van der Waals surface area contributed by atoms with Gasteiger partial charge in [-0.2, -0.15) is 0 Å². The fraction of sp³-hybridized carbons (Fsp3) is 0.407. The second kappa shape index (κ2) is 48.7. The molecule has 1 saturated heterocycles. The van der Waals surface area contributed by atoms with Gasteiger partial charge in [0.25, 0.3) is 0 Å². The summed E-state index contributed by atoms with van der Waals surface area (Å²) in [5.41, 5.74) is 8.99. The third kappa shape index (κ3) is 30.0. The number of phenolic OH excluding ortho intramolecular Hbond substituents is 2. The number of aliphatic hydroxyl groups is 1. The number of H-pyrrole nitrogens is 1. The molecule has 0 radical (unpaired) electrons. The van der Waals surface area contributed by atoms with Crippen LogP contribution < -0.4 is 53.6 Å². The number of aliphatic carboxylic acids is 1. The van der Waals surface area contributed by atoms with Crippen LogP contribution in [0.15, 0.2) is 170 Å². The summed E-state index contributed by atoms with van der Waals surface area (Å²) in [6.07, 6.45) is -0.0229. The van der Waals surface area contributed by atoms with Gasteiger partial charge in [-0.25, -0.2) is 0 Å². The van der Waals surface area contributed by atoms with E-state index in [9.17, 15) is 73.2 Å². The molecule has 2 unspecified atom stereocenters. The number of carboxylic acid groups (broad SMARTS) is 1. The molecule has 37 heteroatoms. The number of aliphatic hydroxyl groups excluding tert-OH is 1. The Kier molecular flexibility index (Phi) is 37.9. The summed E-state index contributed by atoms with van der Waals surface area (Å²) in [7, 11) is 6.33. The smallest absolute Gasteiger partial charge is 0.305 e. The van der Waals surface area contributed by atoms with E-state index in [4.69, 9.17) is 5.73 Å². The van der Waals surface area contributed by atoms with E-state index in [0.717, 1.165) is 43.3 Å². The predicted octanol–water partition coefficient (Wildman–Crippen LogP) is 0.663. The first-order chi connectivity index (χ1) is 61.0. The summed E-state index contributed by atoms with van der Waals surface area (Å²) in [5.74, 6) is -17.0. The van der Waals surface area contributed by atoms with Crippen LogP contribution >= 0.6 is 11.8 Å². The zero-order chi connectivity index (χ0) is 93.4. The molecule has 128 heavy (non-hydrogen) atoms.